The third-order valence-corrected chi connectivity index (χ3v) is 5.58. The summed E-state index contributed by atoms with van der Waals surface area (Å²) in [7, 11) is -2.30. The Hall–Kier alpha value is -1.45. The van der Waals surface area contributed by atoms with Gasteiger partial charge in [0.2, 0.25) is 5.91 Å². The number of carbonyl (C=O) groups is 1. The highest BCUT2D eigenvalue weighted by Crippen LogP contribution is 2.29. The Labute approximate surface area is 137 Å². The minimum atomic E-state index is -3.72. The highest BCUT2D eigenvalue weighted by Gasteiger charge is 2.41. The Morgan fingerprint density at radius 2 is 2.17 bits per heavy atom. The van der Waals surface area contributed by atoms with Crippen LogP contribution >= 0.6 is 0 Å². The Bertz CT molecular complexity index is 683. The molecule has 0 saturated carbocycles. The average molecular weight is 343 g/mol. The highest BCUT2D eigenvalue weighted by atomic mass is 32.2. The van der Waals surface area contributed by atoms with Gasteiger partial charge >= 0.3 is 0 Å². The number of hydrogen-bond acceptors (Lipinski definition) is 4. The Kier molecular flexibility index (Phi) is 5.12. The van der Waals surface area contributed by atoms with E-state index in [0.717, 1.165) is 15.6 Å². The van der Waals surface area contributed by atoms with Crippen LogP contribution in [0, 0.1) is 6.92 Å². The van der Waals surface area contributed by atoms with Gasteiger partial charge in [0, 0.05) is 31.4 Å². The number of nitrogens with one attached hydrogen (secondary N) is 2. The molecule has 1 fully saturated rings. The zero-order valence-electron chi connectivity index (χ0n) is 14.2. The maximum Gasteiger partial charge on any atom is 0.280 e. The van der Waals surface area contributed by atoms with Crippen molar-refractivity contribution in [2.24, 2.45) is 0 Å². The molecule has 8 nitrogen and oxygen atoms in total. The Balaban J connectivity index is 2.32. The predicted molar refractivity (Wildman–Crippen MR) is 86.9 cm³/mol. The zero-order valence-corrected chi connectivity index (χ0v) is 15.0. The van der Waals surface area contributed by atoms with E-state index in [9.17, 15) is 13.2 Å². The van der Waals surface area contributed by atoms with E-state index in [0.29, 0.717) is 13.0 Å². The number of aryl methyl sites for hydroxylation is 2. The molecule has 1 aromatic heterocycles. The average Bonchev–Trinajstić information content (AvgIpc) is 2.82. The lowest BCUT2D eigenvalue weighted by Crippen LogP contribution is -2.57. The zero-order chi connectivity index (χ0) is 17.4. The first-order chi connectivity index (χ1) is 10.7. The van der Waals surface area contributed by atoms with Crippen LogP contribution < -0.4 is 10.0 Å². The van der Waals surface area contributed by atoms with Crippen molar-refractivity contribution in [3.05, 3.63) is 17.5 Å². The van der Waals surface area contributed by atoms with Crippen molar-refractivity contribution in [3.8, 4) is 0 Å². The number of amides is 1. The number of likely N-dealkylation sites (N-methyl/N-ethyl adjacent to an activating group) is 1. The monoisotopic (exact) mass is 343 g/mol. The van der Waals surface area contributed by atoms with Gasteiger partial charge in [-0.15, -0.1) is 0 Å². The van der Waals surface area contributed by atoms with Gasteiger partial charge in [0.1, 0.15) is 6.04 Å². The summed E-state index contributed by atoms with van der Waals surface area (Å²) in [6, 6.07) is -1.24. The maximum absolute atomic E-state index is 12.4. The van der Waals surface area contributed by atoms with Gasteiger partial charge < -0.3 is 5.32 Å². The molecule has 1 saturated heterocycles. The normalized spacial score (nSPS) is 24.8. The topological polar surface area (TPSA) is 96.3 Å². The summed E-state index contributed by atoms with van der Waals surface area (Å²) < 4.78 is 30.2. The van der Waals surface area contributed by atoms with E-state index < -0.39 is 22.3 Å². The molecule has 1 aliphatic rings. The van der Waals surface area contributed by atoms with Gasteiger partial charge in [-0.2, -0.15) is 22.5 Å². The van der Waals surface area contributed by atoms with Crippen LogP contribution in [0.15, 0.2) is 6.20 Å². The van der Waals surface area contributed by atoms with Gasteiger partial charge in [-0.05, 0) is 34.1 Å². The molecule has 2 unspecified atom stereocenters. The fourth-order valence-electron chi connectivity index (χ4n) is 2.73. The number of rotatable bonds is 4. The summed E-state index contributed by atoms with van der Waals surface area (Å²) in [6.45, 7) is 8.21. The van der Waals surface area contributed by atoms with Crippen molar-refractivity contribution in [2.45, 2.75) is 58.8 Å². The molecule has 1 amide bonds. The van der Waals surface area contributed by atoms with Crippen molar-refractivity contribution in [3.63, 3.8) is 0 Å². The number of hydrogen-bond donors (Lipinski definition) is 2. The fraction of sp³-hybridized carbons (Fsp3) is 0.714. The third-order valence-electron chi connectivity index (χ3n) is 3.99. The summed E-state index contributed by atoms with van der Waals surface area (Å²) in [5.74, 6) is -0.280. The van der Waals surface area contributed by atoms with Gasteiger partial charge in [0.25, 0.3) is 10.2 Å². The van der Waals surface area contributed by atoms with Gasteiger partial charge in [-0.25, -0.2) is 0 Å². The van der Waals surface area contributed by atoms with E-state index in [1.54, 1.807) is 4.68 Å². The largest absolute Gasteiger partial charge is 0.353 e. The highest BCUT2D eigenvalue weighted by molar-refractivity contribution is 7.87. The van der Waals surface area contributed by atoms with E-state index in [-0.39, 0.29) is 11.9 Å². The molecule has 1 aliphatic heterocycles. The third kappa shape index (κ3) is 3.73. The molecule has 2 N–H and O–H groups in total. The SMILES string of the molecule is CCn1cc(C2CC(C(=O)NC(C)C)N(C)S(=O)(=O)N2)c(C)n1. The fourth-order valence-corrected chi connectivity index (χ4v) is 4.00. The summed E-state index contributed by atoms with van der Waals surface area (Å²) in [4.78, 5) is 12.4. The molecule has 9 heteroatoms. The molecule has 1 aromatic rings. The van der Waals surface area contributed by atoms with Crippen LogP contribution in [0.3, 0.4) is 0 Å². The summed E-state index contributed by atoms with van der Waals surface area (Å²) in [5, 5.41) is 7.15. The van der Waals surface area contributed by atoms with E-state index in [1.807, 2.05) is 33.9 Å². The van der Waals surface area contributed by atoms with Crippen LogP contribution in [0.2, 0.25) is 0 Å². The van der Waals surface area contributed by atoms with Crippen LogP contribution in [0.4, 0.5) is 0 Å². The van der Waals surface area contributed by atoms with Crippen molar-refractivity contribution >= 4 is 16.1 Å². The predicted octanol–water partition coefficient (Wildman–Crippen LogP) is 0.316. The molecule has 0 bridgehead atoms. The number of nitrogens with zero attached hydrogens (tertiary/aromatic N) is 3. The van der Waals surface area contributed by atoms with Gasteiger partial charge in [0.05, 0.1) is 11.7 Å². The van der Waals surface area contributed by atoms with Gasteiger partial charge in [-0.1, -0.05) is 0 Å². The van der Waals surface area contributed by atoms with Crippen molar-refractivity contribution < 1.29 is 13.2 Å². The molecule has 130 valence electrons. The second-order valence-corrected chi connectivity index (χ2v) is 7.89. The lowest BCUT2D eigenvalue weighted by Gasteiger charge is -2.36. The van der Waals surface area contributed by atoms with E-state index in [4.69, 9.17) is 0 Å². The maximum atomic E-state index is 12.4. The summed E-state index contributed by atoms with van der Waals surface area (Å²) in [6.07, 6.45) is 2.20. The van der Waals surface area contributed by atoms with Crippen molar-refractivity contribution in [1.82, 2.24) is 24.1 Å². The second kappa shape index (κ2) is 6.58. The number of carbonyl (C=O) groups excluding carboxylic acids is 1. The van der Waals surface area contributed by atoms with E-state index in [2.05, 4.69) is 15.1 Å². The first-order valence-electron chi connectivity index (χ1n) is 7.75. The van der Waals surface area contributed by atoms with Crippen LogP contribution in [0.1, 0.15) is 44.5 Å². The Morgan fingerprint density at radius 1 is 1.52 bits per heavy atom. The van der Waals surface area contributed by atoms with E-state index in [1.165, 1.54) is 7.05 Å². The van der Waals surface area contributed by atoms with Crippen molar-refractivity contribution in [2.75, 3.05) is 7.05 Å². The Morgan fingerprint density at radius 3 is 2.70 bits per heavy atom. The molecule has 23 heavy (non-hydrogen) atoms. The van der Waals surface area contributed by atoms with Crippen LogP contribution in [0.25, 0.3) is 0 Å². The molecule has 0 radical (unpaired) electrons. The number of aromatic nitrogens is 2. The summed E-state index contributed by atoms with van der Waals surface area (Å²) >= 11 is 0. The first kappa shape index (κ1) is 17.9. The molecule has 2 atom stereocenters. The second-order valence-electron chi connectivity index (χ2n) is 6.13. The first-order valence-corrected chi connectivity index (χ1v) is 9.19. The molecule has 0 aliphatic carbocycles. The lowest BCUT2D eigenvalue weighted by atomic mass is 10.00. The van der Waals surface area contributed by atoms with Gasteiger partial charge in [-0.3, -0.25) is 9.48 Å². The van der Waals surface area contributed by atoms with Gasteiger partial charge in [0.15, 0.2) is 0 Å². The van der Waals surface area contributed by atoms with Crippen LogP contribution in [0.5, 0.6) is 0 Å². The molecule has 2 heterocycles. The standard InChI is InChI=1S/C14H25N5O3S/c1-6-19-8-11(10(4)16-19)12-7-13(14(20)15-9(2)3)18(5)23(21,22)17-12/h8-9,12-13,17H,6-7H2,1-5H3,(H,15,20). The molecular formula is C14H25N5O3S. The smallest absolute Gasteiger partial charge is 0.280 e. The lowest BCUT2D eigenvalue weighted by molar-refractivity contribution is -0.125. The molecule has 0 spiro atoms. The van der Waals surface area contributed by atoms with Crippen molar-refractivity contribution in [1.29, 1.82) is 0 Å². The summed E-state index contributed by atoms with van der Waals surface area (Å²) in [5.41, 5.74) is 1.58. The minimum Gasteiger partial charge on any atom is -0.353 e. The molecular weight excluding hydrogens is 318 g/mol. The quantitative estimate of drug-likeness (QED) is 0.823. The molecule has 0 aromatic carbocycles. The van der Waals surface area contributed by atoms with Crippen LogP contribution in [-0.2, 0) is 21.5 Å². The minimum absolute atomic E-state index is 0.0449. The van der Waals surface area contributed by atoms with Crippen LogP contribution in [-0.4, -0.2) is 47.5 Å². The van der Waals surface area contributed by atoms with E-state index >= 15 is 0 Å². The molecule has 2 rings (SSSR count).